The summed E-state index contributed by atoms with van der Waals surface area (Å²) in [5, 5.41) is 4.33. The molecule has 11 rings (SSSR count). The van der Waals surface area contributed by atoms with Gasteiger partial charge < -0.3 is 4.42 Å². The van der Waals surface area contributed by atoms with E-state index in [9.17, 15) is 0 Å². The van der Waals surface area contributed by atoms with E-state index >= 15 is 0 Å². The van der Waals surface area contributed by atoms with Crippen LogP contribution in [0.15, 0.2) is 174 Å². The van der Waals surface area contributed by atoms with E-state index in [4.69, 9.17) is 24.4 Å². The summed E-state index contributed by atoms with van der Waals surface area (Å²) < 4.78 is 11.2. The maximum absolute atomic E-state index is 6.84. The average Bonchev–Trinajstić information content (AvgIpc) is 3.92. The van der Waals surface area contributed by atoms with Gasteiger partial charge >= 0.3 is 6.01 Å². The van der Waals surface area contributed by atoms with Gasteiger partial charge in [0.15, 0.2) is 17.2 Å². The lowest BCUT2D eigenvalue weighted by molar-refractivity contribution is 0.575. The van der Waals surface area contributed by atoms with Crippen LogP contribution >= 0.6 is 0 Å². The van der Waals surface area contributed by atoms with Gasteiger partial charge in [-0.15, -0.1) is 0 Å². The van der Waals surface area contributed by atoms with E-state index in [0.717, 1.165) is 77.0 Å². The second kappa shape index (κ2) is 11.6. The van der Waals surface area contributed by atoms with Crippen LogP contribution in [0.4, 0.5) is 0 Å². The summed E-state index contributed by atoms with van der Waals surface area (Å²) in [6.07, 6.45) is 0. The minimum Gasteiger partial charge on any atom is -0.422 e. The predicted octanol–water partition coefficient (Wildman–Crippen LogP) is 11.2. The molecule has 4 heterocycles. The Hall–Kier alpha value is -7.38. The van der Waals surface area contributed by atoms with Crippen LogP contribution in [0.5, 0.6) is 0 Å². The summed E-state index contributed by atoms with van der Waals surface area (Å²) >= 11 is 0. The molecule has 0 radical (unpaired) electrons. The zero-order valence-corrected chi connectivity index (χ0v) is 28.3. The van der Waals surface area contributed by atoms with Crippen molar-refractivity contribution in [3.05, 3.63) is 170 Å². The lowest BCUT2D eigenvalue weighted by Gasteiger charge is -2.12. The number of fused-ring (bicyclic) bond motifs is 8. The largest absolute Gasteiger partial charge is 0.422 e. The molecule has 0 atom stereocenters. The maximum Gasteiger partial charge on any atom is 0.307 e. The van der Waals surface area contributed by atoms with E-state index in [0.29, 0.717) is 23.6 Å². The molecule has 0 amide bonds. The third-order valence-electron chi connectivity index (χ3n) is 10.0. The summed E-state index contributed by atoms with van der Waals surface area (Å²) in [5.41, 5.74) is 9.30. The van der Waals surface area contributed by atoms with Crippen molar-refractivity contribution in [2.24, 2.45) is 0 Å². The fourth-order valence-electron chi connectivity index (χ4n) is 7.68. The number of rotatable bonds is 5. The van der Waals surface area contributed by atoms with Gasteiger partial charge in [-0.2, -0.15) is 15.0 Å². The summed E-state index contributed by atoms with van der Waals surface area (Å²) in [6.45, 7) is 0. The van der Waals surface area contributed by atoms with Crippen LogP contribution in [0.1, 0.15) is 0 Å². The molecule has 0 aliphatic carbocycles. The first-order valence-electron chi connectivity index (χ1n) is 17.6. The topological polar surface area (TPSA) is 74.6 Å². The van der Waals surface area contributed by atoms with Crippen molar-refractivity contribution in [1.82, 2.24) is 29.1 Å². The highest BCUT2D eigenvalue weighted by molar-refractivity contribution is 6.23. The van der Waals surface area contributed by atoms with Crippen molar-refractivity contribution in [2.45, 2.75) is 0 Å². The fourth-order valence-corrected chi connectivity index (χ4v) is 7.68. The van der Waals surface area contributed by atoms with Crippen molar-refractivity contribution in [3.63, 3.8) is 0 Å². The van der Waals surface area contributed by atoms with Gasteiger partial charge in [0.1, 0.15) is 5.52 Å². The number of benzene rings is 7. The monoisotopic (exact) mass is 680 g/mol. The highest BCUT2D eigenvalue weighted by atomic mass is 16.4. The molecule has 0 spiro atoms. The van der Waals surface area contributed by atoms with Crippen LogP contribution < -0.4 is 0 Å². The number of hydrogen-bond acceptors (Lipinski definition) is 5. The molecule has 248 valence electrons. The van der Waals surface area contributed by atoms with Gasteiger partial charge in [0, 0.05) is 38.2 Å². The summed E-state index contributed by atoms with van der Waals surface area (Å²) in [6, 6.07) is 58.4. The minimum absolute atomic E-state index is 0.490. The van der Waals surface area contributed by atoms with Crippen molar-refractivity contribution in [3.8, 4) is 45.9 Å². The Morgan fingerprint density at radius 2 is 0.887 bits per heavy atom. The van der Waals surface area contributed by atoms with Crippen LogP contribution in [-0.2, 0) is 0 Å². The van der Waals surface area contributed by atoms with Gasteiger partial charge in [-0.1, -0.05) is 152 Å². The molecule has 0 aliphatic heterocycles. The first-order chi connectivity index (χ1) is 26.3. The molecule has 7 nitrogen and oxygen atoms in total. The molecule has 0 N–H and O–H groups in total. The first kappa shape index (κ1) is 29.4. The van der Waals surface area contributed by atoms with Crippen LogP contribution in [-0.4, -0.2) is 29.1 Å². The fraction of sp³-hybridized carbons (Fsp3) is 0. The summed E-state index contributed by atoms with van der Waals surface area (Å²) in [5.74, 6) is 1.72. The van der Waals surface area contributed by atoms with Gasteiger partial charge in [-0.05, 0) is 23.8 Å². The molecule has 0 bridgehead atoms. The smallest absolute Gasteiger partial charge is 0.307 e. The summed E-state index contributed by atoms with van der Waals surface area (Å²) in [7, 11) is 0. The zero-order valence-electron chi connectivity index (χ0n) is 28.3. The lowest BCUT2D eigenvalue weighted by atomic mass is 10.1. The minimum atomic E-state index is 0.490. The molecule has 0 saturated heterocycles. The van der Waals surface area contributed by atoms with E-state index in [2.05, 4.69) is 88.0 Å². The normalized spacial score (nSPS) is 11.8. The van der Waals surface area contributed by atoms with Crippen LogP contribution in [0, 0.1) is 0 Å². The van der Waals surface area contributed by atoms with Gasteiger partial charge in [-0.25, -0.2) is 4.98 Å². The number of nitrogens with zero attached hydrogens (tertiary/aromatic N) is 6. The zero-order chi connectivity index (χ0) is 34.9. The molecule has 0 fully saturated rings. The Bertz CT molecular complexity index is 3100. The number of hydrogen-bond donors (Lipinski definition) is 0. The second-order valence-corrected chi connectivity index (χ2v) is 13.1. The Kier molecular flexibility index (Phi) is 6.42. The highest BCUT2D eigenvalue weighted by Gasteiger charge is 2.25. The van der Waals surface area contributed by atoms with E-state index in [1.54, 1.807) is 0 Å². The standard InChI is InChI=1S/C46H28N6O/c1-4-15-29(16-5-1)32-23-14-24-37-42(32)53-46(47-37)52-39-26-13-11-22-34(39)36-28-27-35-33-21-10-12-25-38(33)51(40(35)41(36)52)45-49-43(30-17-6-2-7-18-30)48-44(50-45)31-19-8-3-9-20-31/h1-28H. The van der Waals surface area contributed by atoms with Gasteiger partial charge in [0.05, 0.1) is 22.1 Å². The third-order valence-corrected chi connectivity index (χ3v) is 10.0. The molecule has 7 heteroatoms. The Morgan fingerprint density at radius 1 is 0.377 bits per heavy atom. The predicted molar refractivity (Wildman–Crippen MR) is 212 cm³/mol. The third kappa shape index (κ3) is 4.54. The Morgan fingerprint density at radius 3 is 1.49 bits per heavy atom. The van der Waals surface area contributed by atoms with Gasteiger partial charge in [0.2, 0.25) is 5.95 Å². The quantitative estimate of drug-likeness (QED) is 0.181. The number of aromatic nitrogens is 6. The molecule has 11 aromatic rings. The van der Waals surface area contributed by atoms with Crippen molar-refractivity contribution < 1.29 is 4.42 Å². The van der Waals surface area contributed by atoms with Crippen molar-refractivity contribution in [1.29, 1.82) is 0 Å². The SMILES string of the molecule is c1ccc(-c2nc(-c3ccccc3)nc(-n3c4ccccc4c4ccc5c6ccccc6n(-c6nc7cccc(-c8ccccc8)c7o6)c5c43)n2)cc1. The number of para-hydroxylation sites is 3. The Balaban J connectivity index is 1.28. The van der Waals surface area contributed by atoms with Crippen LogP contribution in [0.25, 0.3) is 101 Å². The first-order valence-corrected chi connectivity index (χ1v) is 17.6. The molecule has 4 aromatic heterocycles. The number of oxazole rings is 1. The van der Waals surface area contributed by atoms with Crippen LogP contribution in [0.3, 0.4) is 0 Å². The van der Waals surface area contributed by atoms with Gasteiger partial charge in [-0.3, -0.25) is 9.13 Å². The van der Waals surface area contributed by atoms with E-state index in [1.165, 1.54) is 0 Å². The second-order valence-electron chi connectivity index (χ2n) is 13.1. The van der Waals surface area contributed by atoms with E-state index in [-0.39, 0.29) is 0 Å². The molecular weight excluding hydrogens is 653 g/mol. The van der Waals surface area contributed by atoms with Crippen LogP contribution in [0.2, 0.25) is 0 Å². The van der Waals surface area contributed by atoms with Crippen molar-refractivity contribution >= 4 is 54.7 Å². The average molecular weight is 681 g/mol. The lowest BCUT2D eigenvalue weighted by Crippen LogP contribution is -2.07. The van der Waals surface area contributed by atoms with Crippen molar-refractivity contribution in [2.75, 3.05) is 0 Å². The van der Waals surface area contributed by atoms with E-state index < -0.39 is 0 Å². The highest BCUT2D eigenvalue weighted by Crippen LogP contribution is 2.42. The summed E-state index contributed by atoms with van der Waals surface area (Å²) in [4.78, 5) is 20.6. The van der Waals surface area contributed by atoms with E-state index in [1.807, 2.05) is 91.0 Å². The molecule has 7 aromatic carbocycles. The maximum atomic E-state index is 6.84. The molecule has 0 unspecified atom stereocenters. The Labute approximate surface area is 303 Å². The molecular formula is C46H28N6O. The molecule has 0 saturated carbocycles. The molecule has 53 heavy (non-hydrogen) atoms. The van der Waals surface area contributed by atoms with Gasteiger partial charge in [0.25, 0.3) is 0 Å². The molecule has 0 aliphatic rings.